The molecule has 0 bridgehead atoms. The lowest BCUT2D eigenvalue weighted by atomic mass is 9.86. The van der Waals surface area contributed by atoms with E-state index in [1.165, 1.54) is 22.2 Å². The van der Waals surface area contributed by atoms with E-state index >= 15 is 0 Å². The minimum absolute atomic E-state index is 0.220. The molecular formula is C17H24N2. The van der Waals surface area contributed by atoms with Gasteiger partial charge in [-0.1, -0.05) is 26.8 Å². The van der Waals surface area contributed by atoms with E-state index in [-0.39, 0.29) is 5.41 Å². The molecule has 1 aromatic carbocycles. The number of benzene rings is 1. The van der Waals surface area contributed by atoms with Crippen LogP contribution in [0.2, 0.25) is 0 Å². The van der Waals surface area contributed by atoms with Crippen molar-refractivity contribution in [2.45, 2.75) is 45.1 Å². The molecule has 0 saturated heterocycles. The SMILES string of the molecule is CNC1Cc2c(n(C)c3ccc(C(C)(C)C)cc23)C1. The smallest absolute Gasteiger partial charge is 0.0483 e. The standard InChI is InChI=1S/C17H24N2/c1-17(2,3)11-6-7-15-13(8-11)14-9-12(18-4)10-16(14)19(15)5/h6-8,12,18H,9-10H2,1-5H3. The molecular weight excluding hydrogens is 232 g/mol. The molecule has 102 valence electrons. The Morgan fingerprint density at radius 3 is 2.58 bits per heavy atom. The molecule has 3 rings (SSSR count). The number of hydrogen-bond acceptors (Lipinski definition) is 1. The largest absolute Gasteiger partial charge is 0.347 e. The highest BCUT2D eigenvalue weighted by atomic mass is 15.0. The second kappa shape index (κ2) is 4.11. The van der Waals surface area contributed by atoms with E-state index in [2.05, 4.69) is 62.9 Å². The van der Waals surface area contributed by atoms with E-state index < -0.39 is 0 Å². The van der Waals surface area contributed by atoms with Crippen molar-refractivity contribution in [1.29, 1.82) is 0 Å². The van der Waals surface area contributed by atoms with E-state index in [4.69, 9.17) is 0 Å². The Hall–Kier alpha value is -1.28. The highest BCUT2D eigenvalue weighted by Crippen LogP contribution is 2.35. The normalized spacial score (nSPS) is 19.1. The number of aryl methyl sites for hydroxylation is 1. The fourth-order valence-corrected chi connectivity index (χ4v) is 3.28. The van der Waals surface area contributed by atoms with Gasteiger partial charge in [-0.05, 0) is 42.1 Å². The Kier molecular flexibility index (Phi) is 2.75. The molecule has 2 nitrogen and oxygen atoms in total. The van der Waals surface area contributed by atoms with Crippen LogP contribution in [0.4, 0.5) is 0 Å². The van der Waals surface area contributed by atoms with Gasteiger partial charge in [0, 0.05) is 36.1 Å². The van der Waals surface area contributed by atoms with Gasteiger partial charge >= 0.3 is 0 Å². The van der Waals surface area contributed by atoms with E-state index in [9.17, 15) is 0 Å². The van der Waals surface area contributed by atoms with Crippen LogP contribution < -0.4 is 5.32 Å². The molecule has 1 aliphatic carbocycles. The quantitative estimate of drug-likeness (QED) is 0.829. The molecule has 0 amide bonds. The molecule has 19 heavy (non-hydrogen) atoms. The number of likely N-dealkylation sites (N-methyl/N-ethyl adjacent to an activating group) is 1. The monoisotopic (exact) mass is 256 g/mol. The summed E-state index contributed by atoms with van der Waals surface area (Å²) in [5.41, 5.74) is 6.11. The molecule has 0 radical (unpaired) electrons. The van der Waals surface area contributed by atoms with Crippen molar-refractivity contribution in [3.63, 3.8) is 0 Å². The van der Waals surface area contributed by atoms with Gasteiger partial charge in [-0.15, -0.1) is 0 Å². The number of hydrogen-bond donors (Lipinski definition) is 1. The van der Waals surface area contributed by atoms with Gasteiger partial charge in [-0.2, -0.15) is 0 Å². The number of nitrogens with zero attached hydrogens (tertiary/aromatic N) is 1. The topological polar surface area (TPSA) is 17.0 Å². The Morgan fingerprint density at radius 2 is 1.95 bits per heavy atom. The summed E-state index contributed by atoms with van der Waals surface area (Å²) in [4.78, 5) is 0. The second-order valence-corrected chi connectivity index (χ2v) is 6.86. The minimum Gasteiger partial charge on any atom is -0.347 e. The molecule has 1 aliphatic rings. The number of rotatable bonds is 1. The van der Waals surface area contributed by atoms with Crippen LogP contribution in [-0.2, 0) is 25.3 Å². The van der Waals surface area contributed by atoms with Gasteiger partial charge in [0.1, 0.15) is 0 Å². The van der Waals surface area contributed by atoms with Crippen molar-refractivity contribution in [1.82, 2.24) is 9.88 Å². The Labute approximate surface area is 115 Å². The van der Waals surface area contributed by atoms with Gasteiger partial charge in [0.25, 0.3) is 0 Å². The lowest BCUT2D eigenvalue weighted by molar-refractivity contribution is 0.584. The summed E-state index contributed by atoms with van der Waals surface area (Å²) in [5.74, 6) is 0. The van der Waals surface area contributed by atoms with Gasteiger partial charge in [0.15, 0.2) is 0 Å². The van der Waals surface area contributed by atoms with Crippen LogP contribution in [0.3, 0.4) is 0 Å². The summed E-state index contributed by atoms with van der Waals surface area (Å²) in [5, 5.41) is 4.88. The van der Waals surface area contributed by atoms with Crippen LogP contribution in [0.1, 0.15) is 37.6 Å². The summed E-state index contributed by atoms with van der Waals surface area (Å²) < 4.78 is 2.38. The predicted octanol–water partition coefficient (Wildman–Crippen LogP) is 3.16. The highest BCUT2D eigenvalue weighted by Gasteiger charge is 2.27. The van der Waals surface area contributed by atoms with E-state index in [0.29, 0.717) is 6.04 Å². The summed E-state index contributed by atoms with van der Waals surface area (Å²) in [6, 6.07) is 7.60. The molecule has 0 spiro atoms. The first-order valence-electron chi connectivity index (χ1n) is 7.19. The maximum Gasteiger partial charge on any atom is 0.0483 e. The Morgan fingerprint density at radius 1 is 1.21 bits per heavy atom. The Balaban J connectivity index is 2.19. The van der Waals surface area contributed by atoms with Crippen molar-refractivity contribution in [2.75, 3.05) is 7.05 Å². The molecule has 0 saturated carbocycles. The van der Waals surface area contributed by atoms with Crippen molar-refractivity contribution in [2.24, 2.45) is 7.05 Å². The maximum atomic E-state index is 3.42. The molecule has 0 fully saturated rings. The second-order valence-electron chi connectivity index (χ2n) is 6.86. The Bertz CT molecular complexity index is 629. The zero-order valence-corrected chi connectivity index (χ0v) is 12.7. The van der Waals surface area contributed by atoms with Crippen molar-refractivity contribution < 1.29 is 0 Å². The third-order valence-electron chi connectivity index (χ3n) is 4.60. The van der Waals surface area contributed by atoms with Gasteiger partial charge in [0.2, 0.25) is 0 Å². The molecule has 1 atom stereocenters. The van der Waals surface area contributed by atoms with Crippen molar-refractivity contribution in [3.05, 3.63) is 35.0 Å². The molecule has 1 heterocycles. The lowest BCUT2D eigenvalue weighted by Gasteiger charge is -2.19. The van der Waals surface area contributed by atoms with Gasteiger partial charge in [0.05, 0.1) is 0 Å². The molecule has 2 aromatic rings. The average molecular weight is 256 g/mol. The average Bonchev–Trinajstić information content (AvgIpc) is 2.88. The van der Waals surface area contributed by atoms with E-state index in [1.807, 2.05) is 0 Å². The van der Waals surface area contributed by atoms with Gasteiger partial charge in [-0.25, -0.2) is 0 Å². The summed E-state index contributed by atoms with van der Waals surface area (Å²) in [6.07, 6.45) is 2.32. The fraction of sp³-hybridized carbons (Fsp3) is 0.529. The maximum absolute atomic E-state index is 3.42. The van der Waals surface area contributed by atoms with Crippen molar-refractivity contribution in [3.8, 4) is 0 Å². The summed E-state index contributed by atoms with van der Waals surface area (Å²) in [7, 11) is 4.27. The lowest BCUT2D eigenvalue weighted by Crippen LogP contribution is -2.25. The minimum atomic E-state index is 0.220. The van der Waals surface area contributed by atoms with Crippen molar-refractivity contribution >= 4 is 10.9 Å². The van der Waals surface area contributed by atoms with Crippen LogP contribution in [0.15, 0.2) is 18.2 Å². The third-order valence-corrected chi connectivity index (χ3v) is 4.60. The first-order valence-corrected chi connectivity index (χ1v) is 7.19. The van der Waals surface area contributed by atoms with Crippen LogP contribution >= 0.6 is 0 Å². The molecule has 1 unspecified atom stereocenters. The van der Waals surface area contributed by atoms with Gasteiger partial charge < -0.3 is 9.88 Å². The molecule has 1 N–H and O–H groups in total. The predicted molar refractivity (Wildman–Crippen MR) is 81.9 cm³/mol. The van der Waals surface area contributed by atoms with E-state index in [1.54, 1.807) is 5.56 Å². The molecule has 0 aliphatic heterocycles. The zero-order valence-electron chi connectivity index (χ0n) is 12.7. The summed E-state index contributed by atoms with van der Waals surface area (Å²) in [6.45, 7) is 6.86. The number of aromatic nitrogens is 1. The highest BCUT2D eigenvalue weighted by molar-refractivity contribution is 5.87. The van der Waals surface area contributed by atoms with E-state index in [0.717, 1.165) is 12.8 Å². The number of fused-ring (bicyclic) bond motifs is 3. The van der Waals surface area contributed by atoms with Crippen LogP contribution in [0.25, 0.3) is 10.9 Å². The van der Waals surface area contributed by atoms with Gasteiger partial charge in [-0.3, -0.25) is 0 Å². The first-order chi connectivity index (χ1) is 8.91. The van der Waals surface area contributed by atoms with Crippen LogP contribution in [-0.4, -0.2) is 17.7 Å². The number of nitrogens with one attached hydrogen (secondary N) is 1. The van der Waals surface area contributed by atoms with Crippen LogP contribution in [0.5, 0.6) is 0 Å². The first kappa shape index (κ1) is 12.7. The molecule has 1 aromatic heterocycles. The zero-order chi connectivity index (χ0) is 13.8. The summed E-state index contributed by atoms with van der Waals surface area (Å²) >= 11 is 0. The third kappa shape index (κ3) is 1.90. The van der Waals surface area contributed by atoms with Crippen LogP contribution in [0, 0.1) is 0 Å². The molecule has 2 heteroatoms. The fourth-order valence-electron chi connectivity index (χ4n) is 3.28.